The molecule has 1 N–H and O–H groups in total. The molecular weight excluding hydrogens is 720 g/mol. The number of aliphatic hydroxyl groups is 1. The van der Waals surface area contributed by atoms with Crippen LogP contribution in [0.1, 0.15) is 129 Å². The molecule has 12 heteroatoms. The average molecular weight is 799 g/mol. The second-order valence-electron chi connectivity index (χ2n) is 15.6. The highest BCUT2D eigenvalue weighted by molar-refractivity contribution is 5.70. The van der Waals surface area contributed by atoms with E-state index in [4.69, 9.17) is 47.4 Å². The zero-order valence-corrected chi connectivity index (χ0v) is 37.1. The Balaban J connectivity index is 2.38. The van der Waals surface area contributed by atoms with Crippen molar-refractivity contribution in [3.8, 4) is 0 Å². The zero-order valence-electron chi connectivity index (χ0n) is 37.1. The molecule has 0 radical (unpaired) electrons. The molecule has 0 aromatic rings. The largest absolute Gasteiger partial charge is 0.457 e. The standard InChI is InChI=1S/C44H78O12/c1-15-37(52-33(10)48-17-3)31(8)42-38(53-42)28-43(13,55-34(11)49-18-4)25-20-21-29(6)41-30(7)22-23-39(45)44(14,56-35(12)50-19-5)26-24-36(27-40(46)54-41)51-32(9)47-16-2/h20-23,25,30-39,41-42,45H,15-19,24,26-28H2,1-14H3. The molecule has 0 aliphatic carbocycles. The Bertz CT molecular complexity index is 1210. The van der Waals surface area contributed by atoms with E-state index < -0.39 is 48.4 Å². The van der Waals surface area contributed by atoms with E-state index >= 15 is 0 Å². The first-order chi connectivity index (χ1) is 26.4. The second-order valence-corrected chi connectivity index (χ2v) is 15.6. The van der Waals surface area contributed by atoms with Crippen LogP contribution in [-0.2, 0) is 52.2 Å². The van der Waals surface area contributed by atoms with Gasteiger partial charge in [0.1, 0.15) is 12.2 Å². The molecule has 2 rings (SSSR count). The van der Waals surface area contributed by atoms with E-state index in [1.807, 2.05) is 107 Å². The van der Waals surface area contributed by atoms with Crippen molar-refractivity contribution in [1.82, 2.24) is 0 Å². The minimum Gasteiger partial charge on any atom is -0.457 e. The molecule has 12 nitrogen and oxygen atoms in total. The SMILES string of the molecule is CCOC(C)OC1CCC(C)(OC(C)OCC)C(O)C=CC(C)C(C(C)=CC=CC(C)(CC2OC2C(C)C(CC)OC(C)OCC)OC(C)OCC)OC(=O)C1. The van der Waals surface area contributed by atoms with Gasteiger partial charge in [-0.3, -0.25) is 4.79 Å². The molecule has 2 aliphatic heterocycles. The van der Waals surface area contributed by atoms with Crippen LogP contribution in [0.2, 0.25) is 0 Å². The third-order valence-corrected chi connectivity index (χ3v) is 10.5. The van der Waals surface area contributed by atoms with Gasteiger partial charge in [-0.25, -0.2) is 0 Å². The van der Waals surface area contributed by atoms with Crippen LogP contribution in [0.15, 0.2) is 36.0 Å². The third kappa shape index (κ3) is 17.3. The summed E-state index contributed by atoms with van der Waals surface area (Å²) < 4.78 is 60.4. The number of carbonyl (C=O) groups excluding carboxylic acids is 1. The number of carbonyl (C=O) groups is 1. The monoisotopic (exact) mass is 799 g/mol. The molecule has 2 heterocycles. The summed E-state index contributed by atoms with van der Waals surface area (Å²) in [6.07, 6.45) is 7.93. The van der Waals surface area contributed by atoms with Gasteiger partial charge >= 0.3 is 5.97 Å². The summed E-state index contributed by atoms with van der Waals surface area (Å²) in [7, 11) is 0. The number of cyclic esters (lactones) is 1. The topological polar surface area (TPSA) is 133 Å². The molecule has 0 amide bonds. The van der Waals surface area contributed by atoms with E-state index in [1.54, 1.807) is 6.08 Å². The average Bonchev–Trinajstić information content (AvgIpc) is 3.88. The molecule has 0 aromatic carbocycles. The number of hydrogen-bond donors (Lipinski definition) is 1. The molecule has 326 valence electrons. The van der Waals surface area contributed by atoms with E-state index in [1.165, 1.54) is 0 Å². The minimum atomic E-state index is -1.01. The van der Waals surface area contributed by atoms with Crippen LogP contribution in [0.5, 0.6) is 0 Å². The Morgan fingerprint density at radius 2 is 1.55 bits per heavy atom. The first-order valence-electron chi connectivity index (χ1n) is 21.1. The quantitative estimate of drug-likeness (QED) is 0.0332. The lowest BCUT2D eigenvalue weighted by atomic mass is 9.88. The lowest BCUT2D eigenvalue weighted by Gasteiger charge is -2.37. The van der Waals surface area contributed by atoms with Crippen LogP contribution in [-0.4, -0.2) is 110 Å². The van der Waals surface area contributed by atoms with E-state index in [0.29, 0.717) is 45.7 Å². The van der Waals surface area contributed by atoms with Crippen LogP contribution in [0, 0.1) is 11.8 Å². The van der Waals surface area contributed by atoms with Crippen LogP contribution >= 0.6 is 0 Å². The molecule has 0 saturated carbocycles. The number of allylic oxidation sites excluding steroid dienone is 2. The van der Waals surface area contributed by atoms with Gasteiger partial charge in [-0.15, -0.1) is 0 Å². The third-order valence-electron chi connectivity index (χ3n) is 10.5. The molecular formula is C44H78O12. The maximum Gasteiger partial charge on any atom is 0.309 e. The van der Waals surface area contributed by atoms with Gasteiger partial charge in [0.25, 0.3) is 0 Å². The van der Waals surface area contributed by atoms with Crippen molar-refractivity contribution in [3.63, 3.8) is 0 Å². The van der Waals surface area contributed by atoms with E-state index in [-0.39, 0.29) is 48.8 Å². The molecule has 14 unspecified atom stereocenters. The smallest absolute Gasteiger partial charge is 0.309 e. The normalized spacial score (nSPS) is 31.1. The highest BCUT2D eigenvalue weighted by Gasteiger charge is 2.49. The van der Waals surface area contributed by atoms with E-state index in [0.717, 1.165) is 12.0 Å². The van der Waals surface area contributed by atoms with Crippen LogP contribution in [0.25, 0.3) is 0 Å². The summed E-state index contributed by atoms with van der Waals surface area (Å²) in [4.78, 5) is 13.6. The van der Waals surface area contributed by atoms with Crippen LogP contribution in [0.4, 0.5) is 0 Å². The van der Waals surface area contributed by atoms with Crippen molar-refractivity contribution in [3.05, 3.63) is 36.0 Å². The van der Waals surface area contributed by atoms with Gasteiger partial charge in [0.15, 0.2) is 25.2 Å². The first-order valence-corrected chi connectivity index (χ1v) is 21.1. The van der Waals surface area contributed by atoms with Crippen LogP contribution in [0.3, 0.4) is 0 Å². The summed E-state index contributed by atoms with van der Waals surface area (Å²) in [6, 6.07) is 0. The van der Waals surface area contributed by atoms with Crippen molar-refractivity contribution in [1.29, 1.82) is 0 Å². The highest BCUT2D eigenvalue weighted by Crippen LogP contribution is 2.40. The summed E-state index contributed by atoms with van der Waals surface area (Å²) >= 11 is 0. The van der Waals surface area contributed by atoms with Crippen molar-refractivity contribution in [2.45, 2.75) is 202 Å². The van der Waals surface area contributed by atoms with Gasteiger partial charge in [0.05, 0.1) is 42.0 Å². The van der Waals surface area contributed by atoms with Gasteiger partial charge < -0.3 is 52.5 Å². The Hall–Kier alpha value is -1.71. The zero-order chi connectivity index (χ0) is 42.1. The highest BCUT2D eigenvalue weighted by atomic mass is 16.7. The maximum absolute atomic E-state index is 13.6. The first kappa shape index (κ1) is 50.4. The Morgan fingerprint density at radius 1 is 0.946 bits per heavy atom. The van der Waals surface area contributed by atoms with Crippen molar-refractivity contribution in [2.24, 2.45) is 11.8 Å². The van der Waals surface area contributed by atoms with E-state index in [9.17, 15) is 9.90 Å². The fourth-order valence-electron chi connectivity index (χ4n) is 7.52. The Labute approximate surface area is 338 Å². The van der Waals surface area contributed by atoms with Gasteiger partial charge in [0, 0.05) is 44.7 Å². The molecule has 14 atom stereocenters. The van der Waals surface area contributed by atoms with Gasteiger partial charge in [-0.2, -0.15) is 0 Å². The fourth-order valence-corrected chi connectivity index (χ4v) is 7.52. The lowest BCUT2D eigenvalue weighted by Crippen LogP contribution is -2.45. The molecule has 1 saturated heterocycles. The van der Waals surface area contributed by atoms with Gasteiger partial charge in [-0.05, 0) is 101 Å². The summed E-state index contributed by atoms with van der Waals surface area (Å²) in [5.41, 5.74) is -0.913. The molecule has 56 heavy (non-hydrogen) atoms. The van der Waals surface area contributed by atoms with Crippen molar-refractivity contribution in [2.75, 3.05) is 26.4 Å². The number of epoxide rings is 1. The predicted molar refractivity (Wildman–Crippen MR) is 217 cm³/mol. The molecule has 1 fully saturated rings. The second kappa shape index (κ2) is 25.0. The summed E-state index contributed by atoms with van der Waals surface area (Å²) in [5.74, 6) is -0.502. The van der Waals surface area contributed by atoms with Crippen molar-refractivity contribution < 1.29 is 57.3 Å². The number of esters is 1. The summed E-state index contributed by atoms with van der Waals surface area (Å²) in [6.45, 7) is 29.3. The number of hydrogen-bond acceptors (Lipinski definition) is 12. The van der Waals surface area contributed by atoms with E-state index in [2.05, 4.69) is 13.8 Å². The van der Waals surface area contributed by atoms with Crippen LogP contribution < -0.4 is 0 Å². The Kier molecular flexibility index (Phi) is 22.5. The predicted octanol–water partition coefficient (Wildman–Crippen LogP) is 8.19. The Morgan fingerprint density at radius 3 is 2.18 bits per heavy atom. The molecule has 2 aliphatic rings. The van der Waals surface area contributed by atoms with Crippen molar-refractivity contribution >= 4 is 5.97 Å². The summed E-state index contributed by atoms with van der Waals surface area (Å²) in [5, 5.41) is 11.5. The number of aliphatic hydroxyl groups excluding tert-OH is 1. The molecule has 0 spiro atoms. The number of ether oxygens (including phenoxy) is 10. The number of rotatable bonds is 24. The lowest BCUT2D eigenvalue weighted by molar-refractivity contribution is -0.224. The molecule has 0 aromatic heterocycles. The minimum absolute atomic E-state index is 0.00262. The fraction of sp³-hybridized carbons (Fsp3) is 0.841. The van der Waals surface area contributed by atoms with Gasteiger partial charge in [-0.1, -0.05) is 51.2 Å². The molecule has 0 bridgehead atoms. The van der Waals surface area contributed by atoms with Gasteiger partial charge in [0.2, 0.25) is 0 Å². The maximum atomic E-state index is 13.6.